The highest BCUT2D eigenvalue weighted by molar-refractivity contribution is 5.92. The molecule has 1 amide bonds. The average Bonchev–Trinajstić information content (AvgIpc) is 2.95. The number of carbonyl (C=O) groups is 1. The third-order valence-corrected chi connectivity index (χ3v) is 4.11. The molecule has 1 heterocycles. The summed E-state index contributed by atoms with van der Waals surface area (Å²) >= 11 is 0. The molecule has 7 nitrogen and oxygen atoms in total. The van der Waals surface area contributed by atoms with Crippen molar-refractivity contribution in [2.75, 3.05) is 26.1 Å². The zero-order valence-corrected chi connectivity index (χ0v) is 12.0. The second-order valence-electron chi connectivity index (χ2n) is 5.46. The van der Waals surface area contributed by atoms with E-state index in [4.69, 9.17) is 5.84 Å². The molecule has 1 saturated carbocycles. The summed E-state index contributed by atoms with van der Waals surface area (Å²) in [6.45, 7) is 0.636. The Kier molecular flexibility index (Phi) is 4.51. The molecule has 1 aromatic heterocycles. The van der Waals surface area contributed by atoms with Gasteiger partial charge in [0, 0.05) is 12.1 Å². The topological polar surface area (TPSA) is 96.2 Å². The fourth-order valence-electron chi connectivity index (χ4n) is 2.68. The van der Waals surface area contributed by atoms with Crippen molar-refractivity contribution in [2.45, 2.75) is 31.2 Å². The van der Waals surface area contributed by atoms with Crippen molar-refractivity contribution >= 4 is 11.7 Å². The van der Waals surface area contributed by atoms with Gasteiger partial charge in [-0.2, -0.15) is 0 Å². The van der Waals surface area contributed by atoms with Gasteiger partial charge in [0.1, 0.15) is 0 Å². The van der Waals surface area contributed by atoms with E-state index in [0.717, 1.165) is 12.8 Å². The Hall–Kier alpha value is -1.73. The Bertz CT molecular complexity index is 452. The van der Waals surface area contributed by atoms with Crippen molar-refractivity contribution in [3.63, 3.8) is 0 Å². The van der Waals surface area contributed by atoms with Gasteiger partial charge < -0.3 is 15.6 Å². The number of hydrogen-bond donors (Lipinski definition) is 3. The molecule has 0 saturated heterocycles. The molecule has 1 aromatic rings. The monoisotopic (exact) mass is 278 g/mol. The maximum atomic E-state index is 12.1. The summed E-state index contributed by atoms with van der Waals surface area (Å²) in [6, 6.07) is 3.23. The fraction of sp³-hybridized carbons (Fsp3) is 0.615. The van der Waals surface area contributed by atoms with Crippen LogP contribution in [0.15, 0.2) is 12.1 Å². The van der Waals surface area contributed by atoms with E-state index in [1.54, 1.807) is 12.1 Å². The van der Waals surface area contributed by atoms with E-state index < -0.39 is 0 Å². The van der Waals surface area contributed by atoms with Gasteiger partial charge in [0.2, 0.25) is 0 Å². The molecule has 0 radical (unpaired) electrons. The molecule has 4 N–H and O–H groups in total. The van der Waals surface area contributed by atoms with Crippen molar-refractivity contribution in [2.24, 2.45) is 5.84 Å². The second-order valence-corrected chi connectivity index (χ2v) is 5.46. The maximum absolute atomic E-state index is 12.1. The summed E-state index contributed by atoms with van der Waals surface area (Å²) in [5.74, 6) is 5.44. The third kappa shape index (κ3) is 3.05. The first-order valence-corrected chi connectivity index (χ1v) is 6.83. The summed E-state index contributed by atoms with van der Waals surface area (Å²) in [5, 5.41) is 10.6. The lowest BCUT2D eigenvalue weighted by molar-refractivity contribution is 0.0894. The van der Waals surface area contributed by atoms with Crippen molar-refractivity contribution in [1.82, 2.24) is 20.4 Å². The summed E-state index contributed by atoms with van der Waals surface area (Å²) < 4.78 is 0. The van der Waals surface area contributed by atoms with Crippen LogP contribution in [0.3, 0.4) is 0 Å². The molecule has 1 aliphatic carbocycles. The lowest BCUT2D eigenvalue weighted by Gasteiger charge is -2.36. The number of rotatable bonds is 5. The van der Waals surface area contributed by atoms with E-state index in [2.05, 4.69) is 39.9 Å². The largest absolute Gasteiger partial charge is 0.349 e. The number of nitrogen functional groups attached to an aromatic ring is 1. The van der Waals surface area contributed by atoms with Crippen LogP contribution in [0.4, 0.5) is 5.82 Å². The van der Waals surface area contributed by atoms with E-state index in [-0.39, 0.29) is 11.4 Å². The van der Waals surface area contributed by atoms with Crippen LogP contribution >= 0.6 is 0 Å². The Morgan fingerprint density at radius 3 is 2.55 bits per heavy atom. The fourth-order valence-corrected chi connectivity index (χ4v) is 2.68. The minimum Gasteiger partial charge on any atom is -0.349 e. The van der Waals surface area contributed by atoms with Gasteiger partial charge in [0.25, 0.3) is 5.91 Å². The standard InChI is InChI=1S/C13H22N6O/c1-19(2)13(7-3-4-8-13)9-15-12(20)10-5-6-11(16-14)18-17-10/h5-6H,3-4,7-9,14H2,1-2H3,(H,15,20)(H,16,18). The maximum Gasteiger partial charge on any atom is 0.271 e. The summed E-state index contributed by atoms with van der Waals surface area (Å²) in [7, 11) is 4.14. The molecule has 0 unspecified atom stereocenters. The molecule has 1 aliphatic rings. The first-order chi connectivity index (χ1) is 9.57. The normalized spacial score (nSPS) is 17.2. The van der Waals surface area contributed by atoms with Crippen LogP contribution in [-0.2, 0) is 0 Å². The molecule has 0 spiro atoms. The van der Waals surface area contributed by atoms with Crippen molar-refractivity contribution in [3.05, 3.63) is 17.8 Å². The minimum absolute atomic E-state index is 0.0713. The second kappa shape index (κ2) is 6.15. The van der Waals surface area contributed by atoms with Crippen LogP contribution in [-0.4, -0.2) is 47.2 Å². The SMILES string of the molecule is CN(C)C1(CNC(=O)c2ccc(NN)nn2)CCCC1. The number of aromatic nitrogens is 2. The van der Waals surface area contributed by atoms with Crippen LogP contribution in [0, 0.1) is 0 Å². The molecule has 0 aliphatic heterocycles. The molecule has 2 rings (SSSR count). The molecule has 0 bridgehead atoms. The van der Waals surface area contributed by atoms with Crippen LogP contribution in [0.5, 0.6) is 0 Å². The highest BCUT2D eigenvalue weighted by Gasteiger charge is 2.36. The van der Waals surface area contributed by atoms with E-state index in [0.29, 0.717) is 18.1 Å². The van der Waals surface area contributed by atoms with Crippen LogP contribution in [0.25, 0.3) is 0 Å². The molecule has 0 aromatic carbocycles. The number of hydrazine groups is 1. The van der Waals surface area contributed by atoms with Crippen molar-refractivity contribution in [1.29, 1.82) is 0 Å². The van der Waals surface area contributed by atoms with E-state index in [1.165, 1.54) is 12.8 Å². The van der Waals surface area contributed by atoms with Gasteiger partial charge in [-0.15, -0.1) is 10.2 Å². The van der Waals surface area contributed by atoms with Gasteiger partial charge >= 0.3 is 0 Å². The van der Waals surface area contributed by atoms with Crippen LogP contribution in [0.2, 0.25) is 0 Å². The Morgan fingerprint density at radius 1 is 1.35 bits per heavy atom. The number of likely N-dealkylation sites (N-methyl/N-ethyl adjacent to an activating group) is 1. The molecular weight excluding hydrogens is 256 g/mol. The number of anilines is 1. The van der Waals surface area contributed by atoms with Gasteiger partial charge in [-0.05, 0) is 39.1 Å². The molecule has 20 heavy (non-hydrogen) atoms. The highest BCUT2D eigenvalue weighted by Crippen LogP contribution is 2.33. The summed E-state index contributed by atoms with van der Waals surface area (Å²) in [4.78, 5) is 14.3. The first-order valence-electron chi connectivity index (χ1n) is 6.83. The summed E-state index contributed by atoms with van der Waals surface area (Å²) in [6.07, 6.45) is 4.65. The average molecular weight is 278 g/mol. The first kappa shape index (κ1) is 14.7. The Labute approximate surface area is 118 Å². The highest BCUT2D eigenvalue weighted by atomic mass is 16.1. The predicted octanol–water partition coefficient (Wildman–Crippen LogP) is 0.366. The number of nitrogens with one attached hydrogen (secondary N) is 2. The van der Waals surface area contributed by atoms with E-state index in [9.17, 15) is 4.79 Å². The van der Waals surface area contributed by atoms with Gasteiger partial charge in [-0.1, -0.05) is 12.8 Å². The smallest absolute Gasteiger partial charge is 0.271 e. The van der Waals surface area contributed by atoms with Crippen molar-refractivity contribution < 1.29 is 4.79 Å². The molecule has 1 fully saturated rings. The predicted molar refractivity (Wildman–Crippen MR) is 77.1 cm³/mol. The molecular formula is C13H22N6O. The number of hydrogen-bond acceptors (Lipinski definition) is 6. The number of nitrogens with zero attached hydrogens (tertiary/aromatic N) is 3. The van der Waals surface area contributed by atoms with E-state index >= 15 is 0 Å². The molecule has 0 atom stereocenters. The zero-order chi connectivity index (χ0) is 14.6. The molecule has 110 valence electrons. The lowest BCUT2D eigenvalue weighted by Crippen LogP contribution is -2.50. The van der Waals surface area contributed by atoms with Crippen LogP contribution in [0.1, 0.15) is 36.2 Å². The summed E-state index contributed by atoms with van der Waals surface area (Å²) in [5.41, 5.74) is 2.75. The van der Waals surface area contributed by atoms with Crippen molar-refractivity contribution in [3.8, 4) is 0 Å². The minimum atomic E-state index is -0.200. The number of carbonyl (C=O) groups excluding carboxylic acids is 1. The third-order valence-electron chi connectivity index (χ3n) is 4.11. The Morgan fingerprint density at radius 2 is 2.05 bits per heavy atom. The molecule has 7 heteroatoms. The van der Waals surface area contributed by atoms with Gasteiger partial charge in [0.15, 0.2) is 11.5 Å². The Balaban J connectivity index is 1.97. The number of amides is 1. The lowest BCUT2D eigenvalue weighted by atomic mass is 9.96. The van der Waals surface area contributed by atoms with Gasteiger partial charge in [0.05, 0.1) is 0 Å². The zero-order valence-electron chi connectivity index (χ0n) is 12.0. The van der Waals surface area contributed by atoms with E-state index in [1.807, 2.05) is 0 Å². The van der Waals surface area contributed by atoms with Gasteiger partial charge in [-0.25, -0.2) is 5.84 Å². The number of nitrogens with two attached hydrogens (primary N) is 1. The quantitative estimate of drug-likeness (QED) is 0.532. The van der Waals surface area contributed by atoms with Crippen LogP contribution < -0.4 is 16.6 Å². The van der Waals surface area contributed by atoms with Gasteiger partial charge in [-0.3, -0.25) is 4.79 Å².